The van der Waals surface area contributed by atoms with Crippen molar-refractivity contribution in [3.05, 3.63) is 40.5 Å². The molecule has 0 aliphatic carbocycles. The first kappa shape index (κ1) is 16.8. The molecule has 1 aliphatic rings. The third-order valence-corrected chi connectivity index (χ3v) is 5.85. The summed E-state index contributed by atoms with van der Waals surface area (Å²) in [7, 11) is 0. The zero-order valence-corrected chi connectivity index (χ0v) is 15.4. The average molecular weight is 376 g/mol. The van der Waals surface area contributed by atoms with Crippen LogP contribution in [0.3, 0.4) is 0 Å². The molecule has 0 N–H and O–H groups in total. The Morgan fingerprint density at radius 1 is 1.36 bits per heavy atom. The van der Waals surface area contributed by atoms with Gasteiger partial charge in [0.15, 0.2) is 0 Å². The second-order valence-electron chi connectivity index (χ2n) is 6.08. The van der Waals surface area contributed by atoms with Gasteiger partial charge in [0.25, 0.3) is 0 Å². The number of hydrogen-bond acceptors (Lipinski definition) is 6. The molecule has 4 rings (SSSR count). The molecule has 0 saturated carbocycles. The normalized spacial score (nSPS) is 17.4. The quantitative estimate of drug-likeness (QED) is 0.634. The van der Waals surface area contributed by atoms with E-state index in [0.29, 0.717) is 17.3 Å². The van der Waals surface area contributed by atoms with Crippen LogP contribution in [0.4, 0.5) is 0 Å². The van der Waals surface area contributed by atoms with E-state index in [1.54, 1.807) is 11.8 Å². The first-order chi connectivity index (χ1) is 12.2. The summed E-state index contributed by atoms with van der Waals surface area (Å²) in [6, 6.07) is 8.04. The Bertz CT molecular complexity index is 894. The molecule has 1 aliphatic heterocycles. The van der Waals surface area contributed by atoms with Crippen molar-refractivity contribution in [3.8, 4) is 0 Å². The van der Waals surface area contributed by atoms with Crippen molar-refractivity contribution >= 4 is 34.3 Å². The van der Waals surface area contributed by atoms with Crippen LogP contribution in [0.1, 0.15) is 24.1 Å². The highest BCUT2D eigenvalue weighted by Gasteiger charge is 2.19. The third-order valence-electron chi connectivity index (χ3n) is 4.38. The molecule has 0 radical (unpaired) electrons. The van der Waals surface area contributed by atoms with Gasteiger partial charge in [-0.05, 0) is 41.8 Å². The second-order valence-corrected chi connectivity index (χ2v) is 7.40. The lowest BCUT2D eigenvalue weighted by Crippen LogP contribution is -2.16. The number of ether oxygens (including phenoxy) is 1. The number of fused-ring (bicyclic) bond motifs is 1. The van der Waals surface area contributed by atoms with E-state index in [-0.39, 0.29) is 6.10 Å². The Morgan fingerprint density at radius 2 is 2.24 bits per heavy atom. The maximum absolute atomic E-state index is 6.54. The maximum Gasteiger partial charge on any atom is 0.209 e. The Hall–Kier alpha value is -1.70. The highest BCUT2D eigenvalue weighted by Crippen LogP contribution is 2.30. The molecule has 25 heavy (non-hydrogen) atoms. The monoisotopic (exact) mass is 375 g/mol. The van der Waals surface area contributed by atoms with Crippen LogP contribution in [-0.2, 0) is 17.0 Å². The van der Waals surface area contributed by atoms with Crippen LogP contribution >= 0.6 is 23.4 Å². The fourth-order valence-corrected chi connectivity index (χ4v) is 4.16. The number of rotatable bonds is 5. The molecule has 8 heteroatoms. The number of para-hydroxylation sites is 1. The highest BCUT2D eigenvalue weighted by molar-refractivity contribution is 7.98. The van der Waals surface area contributed by atoms with E-state index in [4.69, 9.17) is 21.3 Å². The second kappa shape index (κ2) is 7.27. The molecule has 1 aromatic carbocycles. The predicted octanol–water partition coefficient (Wildman–Crippen LogP) is 3.65. The SMILES string of the molecule is Cc1c(Cl)c(CSc2nnnn2CC2CCCO2)nc2ccccc12. The van der Waals surface area contributed by atoms with Gasteiger partial charge >= 0.3 is 0 Å². The van der Waals surface area contributed by atoms with Crippen molar-refractivity contribution in [2.45, 2.75) is 43.3 Å². The Balaban J connectivity index is 1.53. The van der Waals surface area contributed by atoms with Gasteiger partial charge in [0, 0.05) is 17.7 Å². The summed E-state index contributed by atoms with van der Waals surface area (Å²) < 4.78 is 7.48. The number of tetrazole rings is 1. The molecule has 130 valence electrons. The average Bonchev–Trinajstić information content (AvgIpc) is 3.29. The lowest BCUT2D eigenvalue weighted by molar-refractivity contribution is 0.0912. The minimum Gasteiger partial charge on any atom is -0.376 e. The first-order valence-electron chi connectivity index (χ1n) is 8.26. The molecule has 0 amide bonds. The summed E-state index contributed by atoms with van der Waals surface area (Å²) in [5, 5.41) is 14.6. The van der Waals surface area contributed by atoms with E-state index in [2.05, 4.69) is 15.5 Å². The summed E-state index contributed by atoms with van der Waals surface area (Å²) >= 11 is 8.08. The number of aromatic nitrogens is 5. The van der Waals surface area contributed by atoms with Crippen LogP contribution in [0.2, 0.25) is 5.02 Å². The van der Waals surface area contributed by atoms with E-state index in [0.717, 1.165) is 46.8 Å². The summed E-state index contributed by atoms with van der Waals surface area (Å²) in [6.45, 7) is 3.54. The van der Waals surface area contributed by atoms with Crippen molar-refractivity contribution in [1.82, 2.24) is 25.2 Å². The van der Waals surface area contributed by atoms with Crippen LogP contribution in [0.5, 0.6) is 0 Å². The minimum absolute atomic E-state index is 0.201. The van der Waals surface area contributed by atoms with Gasteiger partial charge in [0.1, 0.15) is 0 Å². The van der Waals surface area contributed by atoms with Crippen molar-refractivity contribution in [2.75, 3.05) is 6.61 Å². The number of aryl methyl sites for hydroxylation is 1. The van der Waals surface area contributed by atoms with Gasteiger partial charge < -0.3 is 4.74 Å². The van der Waals surface area contributed by atoms with Gasteiger partial charge in [-0.15, -0.1) is 5.10 Å². The van der Waals surface area contributed by atoms with Crippen molar-refractivity contribution in [2.24, 2.45) is 0 Å². The van der Waals surface area contributed by atoms with Gasteiger partial charge in [-0.3, -0.25) is 4.98 Å². The van der Waals surface area contributed by atoms with Gasteiger partial charge in [-0.2, -0.15) is 0 Å². The molecule has 0 spiro atoms. The largest absolute Gasteiger partial charge is 0.376 e. The lowest BCUT2D eigenvalue weighted by atomic mass is 10.1. The molecular weight excluding hydrogens is 358 g/mol. The molecule has 1 unspecified atom stereocenters. The molecule has 0 bridgehead atoms. The predicted molar refractivity (Wildman–Crippen MR) is 97.8 cm³/mol. The van der Waals surface area contributed by atoms with E-state index >= 15 is 0 Å². The molecule has 1 fully saturated rings. The zero-order valence-electron chi connectivity index (χ0n) is 13.9. The van der Waals surface area contributed by atoms with Crippen molar-refractivity contribution in [1.29, 1.82) is 0 Å². The molecule has 1 saturated heterocycles. The van der Waals surface area contributed by atoms with Crippen LogP contribution in [-0.4, -0.2) is 37.9 Å². The van der Waals surface area contributed by atoms with Gasteiger partial charge in [-0.25, -0.2) is 4.68 Å². The maximum atomic E-state index is 6.54. The molecule has 6 nitrogen and oxygen atoms in total. The van der Waals surface area contributed by atoms with Crippen LogP contribution in [0.15, 0.2) is 29.4 Å². The van der Waals surface area contributed by atoms with Gasteiger partial charge in [0.2, 0.25) is 5.16 Å². The van der Waals surface area contributed by atoms with E-state index < -0.39 is 0 Å². The molecule has 3 aromatic rings. The smallest absolute Gasteiger partial charge is 0.209 e. The number of pyridine rings is 1. The standard InChI is InChI=1S/C17H18ClN5OS/c1-11-13-6-2-3-7-14(13)19-15(16(11)18)10-25-17-20-21-22-23(17)9-12-5-4-8-24-12/h2-3,6-7,12H,4-5,8-10H2,1H3. The number of thioether (sulfide) groups is 1. The summed E-state index contributed by atoms with van der Waals surface area (Å²) in [4.78, 5) is 4.71. The minimum atomic E-state index is 0.201. The molecule has 1 atom stereocenters. The number of halogens is 1. The van der Waals surface area contributed by atoms with Crippen LogP contribution in [0.25, 0.3) is 10.9 Å². The Morgan fingerprint density at radius 3 is 3.08 bits per heavy atom. The Labute approximate surface area is 154 Å². The first-order valence-corrected chi connectivity index (χ1v) is 9.63. The van der Waals surface area contributed by atoms with E-state index in [9.17, 15) is 0 Å². The fourth-order valence-electron chi connectivity index (χ4n) is 3.04. The van der Waals surface area contributed by atoms with Gasteiger partial charge in [0.05, 0.1) is 28.9 Å². The lowest BCUT2D eigenvalue weighted by Gasteiger charge is -2.11. The summed E-state index contributed by atoms with van der Waals surface area (Å²) in [6.07, 6.45) is 2.36. The van der Waals surface area contributed by atoms with Crippen LogP contribution < -0.4 is 0 Å². The number of benzene rings is 1. The number of hydrogen-bond donors (Lipinski definition) is 0. The van der Waals surface area contributed by atoms with Crippen LogP contribution in [0, 0.1) is 6.92 Å². The zero-order chi connectivity index (χ0) is 17.2. The molecule has 2 aromatic heterocycles. The topological polar surface area (TPSA) is 65.7 Å². The van der Waals surface area contributed by atoms with E-state index in [1.165, 1.54) is 0 Å². The van der Waals surface area contributed by atoms with E-state index in [1.807, 2.05) is 35.9 Å². The number of nitrogens with zero attached hydrogens (tertiary/aromatic N) is 5. The summed E-state index contributed by atoms with van der Waals surface area (Å²) in [5.74, 6) is 0.621. The third kappa shape index (κ3) is 3.49. The van der Waals surface area contributed by atoms with Gasteiger partial charge in [-0.1, -0.05) is 41.6 Å². The molecular formula is C17H18ClN5OS. The highest BCUT2D eigenvalue weighted by atomic mass is 35.5. The molecule has 3 heterocycles. The van der Waals surface area contributed by atoms with Crippen molar-refractivity contribution < 1.29 is 4.74 Å². The Kier molecular flexibility index (Phi) is 4.87. The fraction of sp³-hybridized carbons (Fsp3) is 0.412. The van der Waals surface area contributed by atoms with Crippen molar-refractivity contribution in [3.63, 3.8) is 0 Å². The summed E-state index contributed by atoms with van der Waals surface area (Å²) in [5.41, 5.74) is 2.87.